The Bertz CT molecular complexity index is 1380. The van der Waals surface area contributed by atoms with E-state index in [9.17, 15) is 4.79 Å². The van der Waals surface area contributed by atoms with E-state index in [4.69, 9.17) is 9.72 Å². The summed E-state index contributed by atoms with van der Waals surface area (Å²) in [6, 6.07) is 13.5. The van der Waals surface area contributed by atoms with E-state index in [1.54, 1.807) is 29.3 Å². The van der Waals surface area contributed by atoms with E-state index in [2.05, 4.69) is 23.5 Å². The molecule has 1 fully saturated rings. The van der Waals surface area contributed by atoms with E-state index < -0.39 is 0 Å². The zero-order chi connectivity index (χ0) is 22.4. The van der Waals surface area contributed by atoms with Crippen LogP contribution >= 0.6 is 11.3 Å². The molecule has 2 aliphatic carbocycles. The summed E-state index contributed by atoms with van der Waals surface area (Å²) in [5.41, 5.74) is 2.31. The molecule has 0 amide bonds. The molecule has 0 spiro atoms. The Morgan fingerprint density at radius 3 is 2.82 bits per heavy atom. The van der Waals surface area contributed by atoms with E-state index in [1.807, 2.05) is 18.2 Å². The quantitative estimate of drug-likeness (QED) is 0.453. The first kappa shape index (κ1) is 20.9. The van der Waals surface area contributed by atoms with Crippen LogP contribution in [-0.2, 0) is 19.4 Å². The number of hydrogen-bond donors (Lipinski definition) is 1. The van der Waals surface area contributed by atoms with Crippen molar-refractivity contribution in [2.75, 3.05) is 7.11 Å². The number of aromatic nitrogens is 2. The first-order valence-corrected chi connectivity index (χ1v) is 12.8. The van der Waals surface area contributed by atoms with E-state index in [1.165, 1.54) is 36.1 Å². The molecule has 1 N–H and O–H groups in total. The zero-order valence-electron chi connectivity index (χ0n) is 19.0. The number of benzene rings is 2. The predicted octanol–water partition coefficient (Wildman–Crippen LogP) is 5.06. The minimum absolute atomic E-state index is 0.0645. The third kappa shape index (κ3) is 3.75. The molecule has 170 valence electrons. The largest absolute Gasteiger partial charge is 0.496 e. The Morgan fingerprint density at radius 1 is 1.12 bits per heavy atom. The summed E-state index contributed by atoms with van der Waals surface area (Å²) < 4.78 is 7.41. The molecule has 2 heterocycles. The summed E-state index contributed by atoms with van der Waals surface area (Å²) in [7, 11) is 1.68. The van der Waals surface area contributed by atoms with Crippen LogP contribution in [0.15, 0.2) is 47.5 Å². The first-order chi connectivity index (χ1) is 16.2. The Morgan fingerprint density at radius 2 is 1.97 bits per heavy atom. The van der Waals surface area contributed by atoms with Gasteiger partial charge in [-0.15, -0.1) is 11.3 Å². The van der Waals surface area contributed by atoms with E-state index in [-0.39, 0.29) is 5.56 Å². The fourth-order valence-electron chi connectivity index (χ4n) is 5.72. The molecule has 0 radical (unpaired) electrons. The van der Waals surface area contributed by atoms with Gasteiger partial charge in [0.1, 0.15) is 10.6 Å². The highest BCUT2D eigenvalue weighted by atomic mass is 32.1. The van der Waals surface area contributed by atoms with Gasteiger partial charge < -0.3 is 10.1 Å². The van der Waals surface area contributed by atoms with Gasteiger partial charge in [0.15, 0.2) is 0 Å². The summed E-state index contributed by atoms with van der Waals surface area (Å²) in [5.74, 6) is 0.800. The van der Waals surface area contributed by atoms with Gasteiger partial charge >= 0.3 is 0 Å². The molecule has 33 heavy (non-hydrogen) atoms. The van der Waals surface area contributed by atoms with Crippen LogP contribution in [-0.4, -0.2) is 28.7 Å². The van der Waals surface area contributed by atoms with Crippen LogP contribution in [0, 0.1) is 0 Å². The molecule has 4 aromatic rings. The van der Waals surface area contributed by atoms with Crippen LogP contribution in [0.4, 0.5) is 0 Å². The molecule has 0 saturated heterocycles. The average molecular weight is 460 g/mol. The van der Waals surface area contributed by atoms with Crippen molar-refractivity contribution in [3.8, 4) is 5.75 Å². The van der Waals surface area contributed by atoms with Crippen molar-refractivity contribution in [2.45, 2.75) is 63.6 Å². The third-order valence-electron chi connectivity index (χ3n) is 7.41. The number of fused-ring (bicyclic) bond motifs is 4. The van der Waals surface area contributed by atoms with Gasteiger partial charge in [-0.2, -0.15) is 0 Å². The molecule has 6 heteroatoms. The number of aryl methyl sites for hydroxylation is 1. The first-order valence-electron chi connectivity index (χ1n) is 12.0. The van der Waals surface area contributed by atoms with Crippen LogP contribution in [0.2, 0.25) is 0 Å². The number of nitrogens with one attached hydrogen (secondary N) is 1. The number of methoxy groups -OCH3 is 1. The second-order valence-electron chi connectivity index (χ2n) is 9.42. The number of rotatable bonds is 5. The standard InChI is InChI=1S/C27H29N3O2S/c1-32-23-13-10-17-6-2-5-9-20(17)22(23)15-30-16-28-26-25(27(30)31)21-12-11-19(14-24(21)33-26)29-18-7-3-4-8-18/h2,5-6,9-10,13,16,18-19,29H,3-4,7-8,11-12,14-15H2,1H3/t19-/m0/s1. The van der Waals surface area contributed by atoms with Gasteiger partial charge in [0.05, 0.1) is 25.4 Å². The monoisotopic (exact) mass is 459 g/mol. The molecule has 0 aliphatic heterocycles. The summed E-state index contributed by atoms with van der Waals surface area (Å²) in [6.45, 7) is 0.447. The van der Waals surface area contributed by atoms with Crippen molar-refractivity contribution in [3.63, 3.8) is 0 Å². The molecular weight excluding hydrogens is 430 g/mol. The smallest absolute Gasteiger partial charge is 0.262 e. The molecule has 1 saturated carbocycles. The Balaban J connectivity index is 1.35. The SMILES string of the molecule is COc1ccc2ccccc2c1Cn1cnc2sc3c(c2c1=O)CC[C@H](NC1CCCC1)C3. The summed E-state index contributed by atoms with van der Waals surface area (Å²) in [6.07, 6.45) is 10.1. The molecule has 0 unspecified atom stereocenters. The molecule has 1 atom stereocenters. The van der Waals surface area contributed by atoms with E-state index in [0.717, 1.165) is 51.6 Å². The summed E-state index contributed by atoms with van der Waals surface area (Å²) >= 11 is 1.71. The van der Waals surface area contributed by atoms with Crippen molar-refractivity contribution in [2.24, 2.45) is 0 Å². The summed E-state index contributed by atoms with van der Waals surface area (Å²) in [5, 5.41) is 6.96. The van der Waals surface area contributed by atoms with Gasteiger partial charge in [0.25, 0.3) is 5.56 Å². The lowest BCUT2D eigenvalue weighted by molar-refractivity contribution is 0.399. The summed E-state index contributed by atoms with van der Waals surface area (Å²) in [4.78, 5) is 20.6. The molecular formula is C27H29N3O2S. The van der Waals surface area contributed by atoms with Crippen molar-refractivity contribution in [1.82, 2.24) is 14.9 Å². The highest BCUT2D eigenvalue weighted by Gasteiger charge is 2.27. The second-order valence-corrected chi connectivity index (χ2v) is 10.5. The maximum absolute atomic E-state index is 13.6. The van der Waals surface area contributed by atoms with Crippen LogP contribution in [0.25, 0.3) is 21.0 Å². The number of nitrogens with zero attached hydrogens (tertiary/aromatic N) is 2. The van der Waals surface area contributed by atoms with Gasteiger partial charge in [-0.25, -0.2) is 4.98 Å². The van der Waals surface area contributed by atoms with Crippen LogP contribution in [0.1, 0.15) is 48.1 Å². The highest BCUT2D eigenvalue weighted by Crippen LogP contribution is 2.35. The Labute approximate surface area is 197 Å². The van der Waals surface area contributed by atoms with Crippen molar-refractivity contribution < 1.29 is 4.74 Å². The minimum Gasteiger partial charge on any atom is -0.496 e. The fourth-order valence-corrected chi connectivity index (χ4v) is 6.98. The molecule has 6 rings (SSSR count). The Kier molecular flexibility index (Phi) is 5.43. The third-order valence-corrected chi connectivity index (χ3v) is 8.57. The number of ether oxygens (including phenoxy) is 1. The molecule has 5 nitrogen and oxygen atoms in total. The number of thiophene rings is 1. The van der Waals surface area contributed by atoms with Gasteiger partial charge in [-0.3, -0.25) is 9.36 Å². The highest BCUT2D eigenvalue weighted by molar-refractivity contribution is 7.18. The molecule has 2 aliphatic rings. The van der Waals surface area contributed by atoms with Crippen LogP contribution < -0.4 is 15.6 Å². The lowest BCUT2D eigenvalue weighted by Gasteiger charge is -2.26. The van der Waals surface area contributed by atoms with Crippen LogP contribution in [0.5, 0.6) is 5.75 Å². The molecule has 2 aromatic carbocycles. The van der Waals surface area contributed by atoms with Crippen molar-refractivity contribution in [1.29, 1.82) is 0 Å². The Hall–Kier alpha value is -2.70. The zero-order valence-corrected chi connectivity index (χ0v) is 19.8. The van der Waals surface area contributed by atoms with E-state index in [0.29, 0.717) is 18.6 Å². The molecule has 2 aromatic heterocycles. The van der Waals surface area contributed by atoms with Crippen molar-refractivity contribution >= 4 is 32.3 Å². The van der Waals surface area contributed by atoms with Crippen LogP contribution in [0.3, 0.4) is 0 Å². The second kappa shape index (κ2) is 8.58. The number of hydrogen-bond acceptors (Lipinski definition) is 5. The fraction of sp³-hybridized carbons (Fsp3) is 0.407. The lowest BCUT2D eigenvalue weighted by Crippen LogP contribution is -2.40. The van der Waals surface area contributed by atoms with E-state index >= 15 is 0 Å². The van der Waals surface area contributed by atoms with Gasteiger partial charge in [0.2, 0.25) is 0 Å². The molecule has 0 bridgehead atoms. The van der Waals surface area contributed by atoms with Crippen molar-refractivity contribution in [3.05, 3.63) is 69.1 Å². The minimum atomic E-state index is 0.0645. The van der Waals surface area contributed by atoms with Gasteiger partial charge in [0, 0.05) is 22.5 Å². The lowest BCUT2D eigenvalue weighted by atomic mass is 9.92. The maximum atomic E-state index is 13.6. The average Bonchev–Trinajstić information content (AvgIpc) is 3.48. The van der Waals surface area contributed by atoms with Gasteiger partial charge in [-0.05, 0) is 54.5 Å². The maximum Gasteiger partial charge on any atom is 0.262 e. The van der Waals surface area contributed by atoms with Gasteiger partial charge in [-0.1, -0.05) is 43.2 Å². The topological polar surface area (TPSA) is 56.2 Å². The predicted molar refractivity (Wildman–Crippen MR) is 135 cm³/mol. The normalized spacial score (nSPS) is 18.8.